The van der Waals surface area contributed by atoms with Gasteiger partial charge in [0.05, 0.1) is 18.0 Å². The second-order valence-electron chi connectivity index (χ2n) is 4.83. The zero-order valence-electron chi connectivity index (χ0n) is 11.8. The SMILES string of the molecule is CCCNCc1cc(CN(C)CCS(C)(=O)=O)on1. The van der Waals surface area contributed by atoms with Crippen LogP contribution >= 0.6 is 0 Å². The summed E-state index contributed by atoms with van der Waals surface area (Å²) in [4.78, 5) is 1.91. The molecule has 19 heavy (non-hydrogen) atoms. The molecule has 0 amide bonds. The quantitative estimate of drug-likeness (QED) is 0.673. The van der Waals surface area contributed by atoms with Crippen LogP contribution < -0.4 is 5.32 Å². The molecule has 0 aromatic carbocycles. The molecule has 0 aliphatic rings. The van der Waals surface area contributed by atoms with Gasteiger partial charge in [-0.2, -0.15) is 0 Å². The topological polar surface area (TPSA) is 75.4 Å². The van der Waals surface area contributed by atoms with Gasteiger partial charge in [0.1, 0.15) is 9.84 Å². The summed E-state index contributed by atoms with van der Waals surface area (Å²) >= 11 is 0. The van der Waals surface area contributed by atoms with Crippen molar-refractivity contribution in [3.05, 3.63) is 17.5 Å². The molecule has 0 radical (unpaired) electrons. The molecule has 0 unspecified atom stereocenters. The highest BCUT2D eigenvalue weighted by Crippen LogP contribution is 2.06. The monoisotopic (exact) mass is 289 g/mol. The first kappa shape index (κ1) is 16.1. The molecule has 7 heteroatoms. The van der Waals surface area contributed by atoms with E-state index >= 15 is 0 Å². The van der Waals surface area contributed by atoms with E-state index < -0.39 is 9.84 Å². The fourth-order valence-electron chi connectivity index (χ4n) is 1.57. The fourth-order valence-corrected chi connectivity index (χ4v) is 2.22. The first-order valence-corrected chi connectivity index (χ1v) is 8.48. The highest BCUT2D eigenvalue weighted by atomic mass is 32.2. The van der Waals surface area contributed by atoms with Crippen LogP contribution in [-0.2, 0) is 22.9 Å². The first-order chi connectivity index (χ1) is 8.90. The summed E-state index contributed by atoms with van der Waals surface area (Å²) in [5.74, 6) is 0.909. The van der Waals surface area contributed by atoms with Crippen molar-refractivity contribution in [2.24, 2.45) is 0 Å². The molecule has 0 aliphatic carbocycles. The lowest BCUT2D eigenvalue weighted by molar-refractivity contribution is 0.282. The van der Waals surface area contributed by atoms with Crippen molar-refractivity contribution < 1.29 is 12.9 Å². The summed E-state index contributed by atoms with van der Waals surface area (Å²) in [6, 6.07) is 1.90. The number of hydrogen-bond donors (Lipinski definition) is 1. The van der Waals surface area contributed by atoms with Gasteiger partial charge in [0, 0.05) is 25.4 Å². The van der Waals surface area contributed by atoms with Gasteiger partial charge in [-0.3, -0.25) is 4.90 Å². The molecule has 1 N–H and O–H groups in total. The van der Waals surface area contributed by atoms with Crippen molar-refractivity contribution in [3.63, 3.8) is 0 Å². The predicted molar refractivity (Wildman–Crippen MR) is 74.5 cm³/mol. The zero-order chi connectivity index (χ0) is 14.3. The number of sulfone groups is 1. The molecule has 1 aromatic heterocycles. The number of aromatic nitrogens is 1. The highest BCUT2D eigenvalue weighted by molar-refractivity contribution is 7.90. The maximum atomic E-state index is 11.1. The van der Waals surface area contributed by atoms with Crippen LogP contribution in [0.5, 0.6) is 0 Å². The third-order valence-electron chi connectivity index (χ3n) is 2.61. The summed E-state index contributed by atoms with van der Waals surface area (Å²) in [5, 5.41) is 7.22. The minimum absolute atomic E-state index is 0.155. The lowest BCUT2D eigenvalue weighted by atomic mass is 10.3. The molecule has 0 aliphatic heterocycles. The first-order valence-electron chi connectivity index (χ1n) is 6.42. The van der Waals surface area contributed by atoms with Gasteiger partial charge in [0.25, 0.3) is 0 Å². The Morgan fingerprint density at radius 3 is 2.84 bits per heavy atom. The molecule has 0 saturated carbocycles. The zero-order valence-corrected chi connectivity index (χ0v) is 12.7. The van der Waals surface area contributed by atoms with Crippen LogP contribution in [0, 0.1) is 0 Å². The maximum absolute atomic E-state index is 11.1. The fraction of sp³-hybridized carbons (Fsp3) is 0.750. The van der Waals surface area contributed by atoms with Crippen LogP contribution in [0.1, 0.15) is 24.8 Å². The summed E-state index contributed by atoms with van der Waals surface area (Å²) in [6.07, 6.45) is 2.33. The van der Waals surface area contributed by atoms with E-state index in [9.17, 15) is 8.42 Å². The van der Waals surface area contributed by atoms with E-state index in [1.165, 1.54) is 6.26 Å². The van der Waals surface area contributed by atoms with Gasteiger partial charge in [-0.15, -0.1) is 0 Å². The largest absolute Gasteiger partial charge is 0.360 e. The van der Waals surface area contributed by atoms with Crippen LogP contribution in [0.3, 0.4) is 0 Å². The smallest absolute Gasteiger partial charge is 0.151 e. The van der Waals surface area contributed by atoms with Gasteiger partial charge in [0.2, 0.25) is 0 Å². The van der Waals surface area contributed by atoms with E-state index in [0.717, 1.165) is 24.4 Å². The molecule has 6 nitrogen and oxygen atoms in total. The molecule has 0 atom stereocenters. The Labute approximate surface area is 115 Å². The second kappa shape index (κ2) is 7.62. The number of hydrogen-bond acceptors (Lipinski definition) is 6. The van der Waals surface area contributed by atoms with Crippen molar-refractivity contribution in [1.29, 1.82) is 0 Å². The average Bonchev–Trinajstić information content (AvgIpc) is 2.74. The van der Waals surface area contributed by atoms with Gasteiger partial charge in [-0.25, -0.2) is 8.42 Å². The van der Waals surface area contributed by atoms with E-state index in [1.807, 2.05) is 18.0 Å². The number of nitrogens with zero attached hydrogens (tertiary/aromatic N) is 2. The standard InChI is InChI=1S/C12H23N3O3S/c1-4-5-13-9-11-8-12(18-14-11)10-15(2)6-7-19(3,16)17/h8,13H,4-7,9-10H2,1-3H3. The third kappa shape index (κ3) is 7.29. The highest BCUT2D eigenvalue weighted by Gasteiger charge is 2.09. The number of nitrogens with one attached hydrogen (secondary N) is 1. The Hall–Kier alpha value is -0.920. The Kier molecular flexibility index (Phi) is 6.47. The van der Waals surface area contributed by atoms with Gasteiger partial charge in [-0.05, 0) is 20.0 Å². The predicted octanol–water partition coefficient (Wildman–Crippen LogP) is 0.651. The van der Waals surface area contributed by atoms with Gasteiger partial charge >= 0.3 is 0 Å². The van der Waals surface area contributed by atoms with E-state index in [2.05, 4.69) is 17.4 Å². The van der Waals surface area contributed by atoms with Crippen LogP contribution in [0.2, 0.25) is 0 Å². The molecule has 0 spiro atoms. The van der Waals surface area contributed by atoms with E-state index in [4.69, 9.17) is 4.52 Å². The van der Waals surface area contributed by atoms with Gasteiger partial charge in [-0.1, -0.05) is 12.1 Å². The molecule has 0 fully saturated rings. The Bertz CT molecular complexity index is 470. The Balaban J connectivity index is 2.36. The Morgan fingerprint density at radius 2 is 2.21 bits per heavy atom. The average molecular weight is 289 g/mol. The maximum Gasteiger partial charge on any atom is 0.151 e. The third-order valence-corrected chi connectivity index (χ3v) is 3.53. The van der Waals surface area contributed by atoms with Crippen molar-refractivity contribution in [3.8, 4) is 0 Å². The van der Waals surface area contributed by atoms with Crippen LogP contribution in [0.15, 0.2) is 10.6 Å². The van der Waals surface area contributed by atoms with Crippen molar-refractivity contribution in [2.45, 2.75) is 26.4 Å². The van der Waals surface area contributed by atoms with Crippen molar-refractivity contribution >= 4 is 9.84 Å². The van der Waals surface area contributed by atoms with Crippen molar-refractivity contribution in [1.82, 2.24) is 15.4 Å². The molecule has 1 aromatic rings. The molecular weight excluding hydrogens is 266 g/mol. The molecule has 1 rings (SSSR count). The van der Waals surface area contributed by atoms with E-state index in [0.29, 0.717) is 19.6 Å². The molecule has 110 valence electrons. The Morgan fingerprint density at radius 1 is 1.47 bits per heavy atom. The van der Waals surface area contributed by atoms with Gasteiger partial charge in [0.15, 0.2) is 5.76 Å². The van der Waals surface area contributed by atoms with Crippen LogP contribution in [0.4, 0.5) is 0 Å². The van der Waals surface area contributed by atoms with Gasteiger partial charge < -0.3 is 9.84 Å². The minimum Gasteiger partial charge on any atom is -0.360 e. The normalized spacial score (nSPS) is 12.2. The summed E-state index contributed by atoms with van der Waals surface area (Å²) in [5.41, 5.74) is 0.875. The summed E-state index contributed by atoms with van der Waals surface area (Å²) in [7, 11) is -1.06. The minimum atomic E-state index is -2.92. The molecular formula is C12H23N3O3S. The van der Waals surface area contributed by atoms with Crippen LogP contribution in [-0.4, -0.2) is 50.6 Å². The van der Waals surface area contributed by atoms with E-state index in [1.54, 1.807) is 0 Å². The van der Waals surface area contributed by atoms with Crippen LogP contribution in [0.25, 0.3) is 0 Å². The lowest BCUT2D eigenvalue weighted by Crippen LogP contribution is -2.24. The van der Waals surface area contributed by atoms with E-state index in [-0.39, 0.29) is 5.75 Å². The van der Waals surface area contributed by atoms with Crippen molar-refractivity contribution in [2.75, 3.05) is 32.1 Å². The molecule has 0 saturated heterocycles. The molecule has 1 heterocycles. The second-order valence-corrected chi connectivity index (χ2v) is 7.09. The number of rotatable bonds is 9. The lowest BCUT2D eigenvalue weighted by Gasteiger charge is -2.13. The molecule has 0 bridgehead atoms. The summed E-state index contributed by atoms with van der Waals surface area (Å²) in [6.45, 7) is 4.82. The summed E-state index contributed by atoms with van der Waals surface area (Å²) < 4.78 is 27.4.